The van der Waals surface area contributed by atoms with E-state index in [-0.39, 0.29) is 11.7 Å². The SMILES string of the molecule is COC1=NC(c2cccc([N+](=O)[O-])c2)C(C(=O)O)C(C)N1. The minimum absolute atomic E-state index is 0.100. The van der Waals surface area contributed by atoms with E-state index >= 15 is 0 Å². The van der Waals surface area contributed by atoms with Crippen LogP contribution in [0.5, 0.6) is 0 Å². The number of carbonyl (C=O) groups is 1. The summed E-state index contributed by atoms with van der Waals surface area (Å²) in [6, 6.07) is 4.90. The first-order valence-corrected chi connectivity index (χ1v) is 6.29. The first-order valence-electron chi connectivity index (χ1n) is 6.29. The molecule has 0 aliphatic carbocycles. The van der Waals surface area contributed by atoms with E-state index in [0.717, 1.165) is 0 Å². The van der Waals surface area contributed by atoms with Gasteiger partial charge in [-0.2, -0.15) is 0 Å². The van der Waals surface area contributed by atoms with Gasteiger partial charge >= 0.3 is 5.97 Å². The number of nitro benzene ring substituents is 1. The third-order valence-electron chi connectivity index (χ3n) is 3.39. The van der Waals surface area contributed by atoms with E-state index in [1.807, 2.05) is 0 Å². The number of non-ortho nitro benzene ring substituents is 1. The van der Waals surface area contributed by atoms with Crippen molar-refractivity contribution in [3.63, 3.8) is 0 Å². The number of nitrogens with zero attached hydrogens (tertiary/aromatic N) is 2. The maximum atomic E-state index is 11.5. The van der Waals surface area contributed by atoms with Crippen molar-refractivity contribution in [2.24, 2.45) is 10.9 Å². The topological polar surface area (TPSA) is 114 Å². The van der Waals surface area contributed by atoms with Crippen LogP contribution in [0, 0.1) is 16.0 Å². The molecular formula is C13H15N3O5. The predicted octanol–water partition coefficient (Wildman–Crippen LogP) is 1.33. The highest BCUT2D eigenvalue weighted by molar-refractivity contribution is 5.80. The fourth-order valence-electron chi connectivity index (χ4n) is 2.37. The molecule has 1 aliphatic rings. The van der Waals surface area contributed by atoms with E-state index in [1.165, 1.54) is 25.3 Å². The Hall–Kier alpha value is -2.64. The Kier molecular flexibility index (Phi) is 4.06. The van der Waals surface area contributed by atoms with Crippen molar-refractivity contribution < 1.29 is 19.6 Å². The van der Waals surface area contributed by atoms with Crippen molar-refractivity contribution in [3.8, 4) is 0 Å². The molecule has 8 heteroatoms. The Labute approximate surface area is 120 Å². The Balaban J connectivity index is 2.48. The van der Waals surface area contributed by atoms with Gasteiger partial charge in [0, 0.05) is 18.2 Å². The van der Waals surface area contributed by atoms with Crippen LogP contribution >= 0.6 is 0 Å². The van der Waals surface area contributed by atoms with E-state index < -0.39 is 28.9 Å². The number of aliphatic carboxylic acids is 1. The number of aliphatic imine (C=N–C) groups is 1. The second-order valence-corrected chi connectivity index (χ2v) is 4.73. The van der Waals surface area contributed by atoms with Gasteiger partial charge in [-0.3, -0.25) is 14.9 Å². The zero-order valence-electron chi connectivity index (χ0n) is 11.5. The maximum absolute atomic E-state index is 11.5. The van der Waals surface area contributed by atoms with Crippen LogP contribution in [0.2, 0.25) is 0 Å². The molecule has 0 fully saturated rings. The third-order valence-corrected chi connectivity index (χ3v) is 3.39. The third kappa shape index (κ3) is 2.93. The molecule has 8 nitrogen and oxygen atoms in total. The molecule has 3 unspecified atom stereocenters. The number of rotatable bonds is 3. The van der Waals surface area contributed by atoms with E-state index in [1.54, 1.807) is 13.0 Å². The van der Waals surface area contributed by atoms with Crippen molar-refractivity contribution >= 4 is 17.7 Å². The molecule has 0 saturated heterocycles. The summed E-state index contributed by atoms with van der Waals surface area (Å²) in [6.07, 6.45) is 0. The first-order chi connectivity index (χ1) is 9.93. The van der Waals surface area contributed by atoms with E-state index in [9.17, 15) is 20.0 Å². The van der Waals surface area contributed by atoms with Crippen molar-refractivity contribution in [2.75, 3.05) is 7.11 Å². The molecule has 0 amide bonds. The number of amidine groups is 1. The quantitative estimate of drug-likeness (QED) is 0.642. The summed E-state index contributed by atoms with van der Waals surface area (Å²) in [7, 11) is 1.42. The molecule has 0 saturated carbocycles. The van der Waals surface area contributed by atoms with Gasteiger partial charge in [-0.25, -0.2) is 4.99 Å². The van der Waals surface area contributed by atoms with E-state index in [2.05, 4.69) is 10.3 Å². The van der Waals surface area contributed by atoms with Gasteiger partial charge in [0.15, 0.2) is 0 Å². The smallest absolute Gasteiger partial charge is 0.311 e. The van der Waals surface area contributed by atoms with E-state index in [4.69, 9.17) is 4.74 Å². The lowest BCUT2D eigenvalue weighted by Gasteiger charge is -2.32. The Morgan fingerprint density at radius 2 is 2.24 bits per heavy atom. The Bertz CT molecular complexity index is 601. The molecule has 2 rings (SSSR count). The largest absolute Gasteiger partial charge is 0.481 e. The fourth-order valence-corrected chi connectivity index (χ4v) is 2.37. The van der Waals surface area contributed by atoms with Crippen LogP contribution in [0.4, 0.5) is 5.69 Å². The van der Waals surface area contributed by atoms with Crippen LogP contribution < -0.4 is 5.32 Å². The molecule has 3 atom stereocenters. The van der Waals surface area contributed by atoms with Crippen molar-refractivity contribution in [3.05, 3.63) is 39.9 Å². The standard InChI is InChI=1S/C13H15N3O5/c1-7-10(12(17)18)11(15-13(14-7)21-2)8-4-3-5-9(6-8)16(19)20/h3-7,10-11H,1-2H3,(H,14,15)(H,17,18). The highest BCUT2D eigenvalue weighted by Crippen LogP contribution is 2.33. The van der Waals surface area contributed by atoms with E-state index in [0.29, 0.717) is 5.56 Å². The predicted molar refractivity (Wildman–Crippen MR) is 74.0 cm³/mol. The monoisotopic (exact) mass is 293 g/mol. The number of ether oxygens (including phenoxy) is 1. The molecule has 1 heterocycles. The molecular weight excluding hydrogens is 278 g/mol. The number of carboxylic acid groups (broad SMARTS) is 1. The summed E-state index contributed by atoms with van der Waals surface area (Å²) in [5.41, 5.74) is 0.372. The van der Waals surface area contributed by atoms with Crippen LogP contribution in [-0.2, 0) is 9.53 Å². The van der Waals surface area contributed by atoms with Crippen molar-refractivity contribution in [2.45, 2.75) is 19.0 Å². The summed E-state index contributed by atoms with van der Waals surface area (Å²) < 4.78 is 5.03. The summed E-state index contributed by atoms with van der Waals surface area (Å²) in [5, 5.41) is 23.1. The maximum Gasteiger partial charge on any atom is 0.311 e. The lowest BCUT2D eigenvalue weighted by molar-refractivity contribution is -0.384. The second-order valence-electron chi connectivity index (χ2n) is 4.73. The number of benzene rings is 1. The van der Waals surface area contributed by atoms with Gasteiger partial charge in [-0.1, -0.05) is 12.1 Å². The second kappa shape index (κ2) is 5.78. The number of hydrogen-bond donors (Lipinski definition) is 2. The molecule has 1 aromatic carbocycles. The molecule has 21 heavy (non-hydrogen) atoms. The zero-order chi connectivity index (χ0) is 15.6. The minimum Gasteiger partial charge on any atom is -0.481 e. The number of nitrogens with one attached hydrogen (secondary N) is 1. The van der Waals surface area contributed by atoms with Gasteiger partial charge < -0.3 is 15.2 Å². The van der Waals surface area contributed by atoms with Gasteiger partial charge in [0.1, 0.15) is 5.92 Å². The van der Waals surface area contributed by atoms with Crippen LogP contribution in [0.25, 0.3) is 0 Å². The molecule has 1 aromatic rings. The lowest BCUT2D eigenvalue weighted by Crippen LogP contribution is -2.48. The Morgan fingerprint density at radius 1 is 1.52 bits per heavy atom. The normalized spacial score (nSPS) is 24.7. The molecule has 112 valence electrons. The van der Waals surface area contributed by atoms with Gasteiger partial charge in [0.25, 0.3) is 11.7 Å². The number of carboxylic acids is 1. The summed E-state index contributed by atoms with van der Waals surface area (Å²) >= 11 is 0. The number of nitro groups is 1. The molecule has 0 spiro atoms. The number of hydrogen-bond acceptors (Lipinski definition) is 6. The summed E-state index contributed by atoms with van der Waals surface area (Å²) in [6.45, 7) is 1.71. The molecule has 0 aromatic heterocycles. The summed E-state index contributed by atoms with van der Waals surface area (Å²) in [5.74, 6) is -1.86. The van der Waals surface area contributed by atoms with Gasteiger partial charge in [-0.05, 0) is 12.5 Å². The molecule has 0 bridgehead atoms. The van der Waals surface area contributed by atoms with Crippen molar-refractivity contribution in [1.29, 1.82) is 0 Å². The van der Waals surface area contributed by atoms with Crippen molar-refractivity contribution in [1.82, 2.24) is 5.32 Å². The fraction of sp³-hybridized carbons (Fsp3) is 0.385. The van der Waals surface area contributed by atoms with Crippen LogP contribution in [0.3, 0.4) is 0 Å². The van der Waals surface area contributed by atoms with Gasteiger partial charge in [-0.15, -0.1) is 0 Å². The van der Waals surface area contributed by atoms with Gasteiger partial charge in [0.2, 0.25) is 0 Å². The Morgan fingerprint density at radius 3 is 2.81 bits per heavy atom. The zero-order valence-corrected chi connectivity index (χ0v) is 11.5. The van der Waals surface area contributed by atoms with Gasteiger partial charge in [0.05, 0.1) is 18.1 Å². The van der Waals surface area contributed by atoms with Crippen LogP contribution in [-0.4, -0.2) is 35.2 Å². The average molecular weight is 293 g/mol. The van der Waals surface area contributed by atoms with Crippen LogP contribution in [0.1, 0.15) is 18.5 Å². The first kappa shape index (κ1) is 14.8. The summed E-state index contributed by atoms with van der Waals surface area (Å²) in [4.78, 5) is 26.0. The highest BCUT2D eigenvalue weighted by atomic mass is 16.6. The molecule has 2 N–H and O–H groups in total. The lowest BCUT2D eigenvalue weighted by atomic mass is 9.87. The molecule has 0 radical (unpaired) electrons. The average Bonchev–Trinajstić information content (AvgIpc) is 2.45. The molecule has 1 aliphatic heterocycles. The minimum atomic E-state index is -1.02. The van der Waals surface area contributed by atoms with Crippen LogP contribution in [0.15, 0.2) is 29.3 Å². The number of methoxy groups -OCH3 is 1. The highest BCUT2D eigenvalue weighted by Gasteiger charge is 2.39.